The van der Waals surface area contributed by atoms with E-state index in [-0.39, 0.29) is 9.04 Å². The van der Waals surface area contributed by atoms with Gasteiger partial charge in [0.25, 0.3) is 5.56 Å². The van der Waals surface area contributed by atoms with Crippen LogP contribution < -0.4 is 5.56 Å². The van der Waals surface area contributed by atoms with E-state index in [0.717, 1.165) is 0 Å². The summed E-state index contributed by atoms with van der Waals surface area (Å²) in [5.41, 5.74) is -1.11. The van der Waals surface area contributed by atoms with E-state index in [4.69, 9.17) is 8.22 Å². The molecular weight excluding hydrogens is 182 g/mol. The predicted octanol–water partition coefficient (Wildman–Crippen LogP) is 1.15. The molecule has 1 aromatic rings. The minimum absolute atomic E-state index is 0.155. The summed E-state index contributed by atoms with van der Waals surface area (Å²) in [6.45, 7) is -2.85. The van der Waals surface area contributed by atoms with Crippen molar-refractivity contribution in [3.63, 3.8) is 0 Å². The van der Waals surface area contributed by atoms with Crippen LogP contribution in [0.2, 0.25) is 0 Å². The van der Waals surface area contributed by atoms with Crippen molar-refractivity contribution in [3.05, 3.63) is 33.1 Å². The van der Waals surface area contributed by atoms with E-state index in [9.17, 15) is 4.79 Å². The van der Waals surface area contributed by atoms with Crippen molar-refractivity contribution in [2.45, 2.75) is 0 Å². The third-order valence-corrected chi connectivity index (χ3v) is 1.09. The molecule has 0 saturated heterocycles. The summed E-state index contributed by atoms with van der Waals surface area (Å²) < 4.78 is 43.0. The first-order chi connectivity index (χ1) is 6.68. The second-order valence-electron chi connectivity index (χ2n) is 1.32. The standard InChI is InChI=1S/C6H6BrNO/c1-8-3-2-5(7)4-6(8)9/h2-4H,1H3/i1D3,2D,3D,4D. The number of hydrogen-bond donors (Lipinski definition) is 0. The van der Waals surface area contributed by atoms with Gasteiger partial charge in [-0.05, 0) is 6.04 Å². The van der Waals surface area contributed by atoms with Gasteiger partial charge in [0.1, 0.15) is 0 Å². The highest BCUT2D eigenvalue weighted by atomic mass is 79.9. The lowest BCUT2D eigenvalue weighted by atomic mass is 10.5. The first-order valence-electron chi connectivity index (χ1n) is 5.06. The van der Waals surface area contributed by atoms with E-state index >= 15 is 0 Å². The van der Waals surface area contributed by atoms with Crippen LogP contribution in [0.4, 0.5) is 0 Å². The van der Waals surface area contributed by atoms with Crippen LogP contribution >= 0.6 is 15.9 Å². The number of rotatable bonds is 0. The van der Waals surface area contributed by atoms with E-state index in [1.165, 1.54) is 0 Å². The Morgan fingerprint density at radius 2 is 2.78 bits per heavy atom. The molecule has 9 heavy (non-hydrogen) atoms. The highest BCUT2D eigenvalue weighted by Crippen LogP contribution is 2.02. The van der Waals surface area contributed by atoms with Crippen LogP contribution in [-0.4, -0.2) is 4.57 Å². The molecule has 0 spiro atoms. The van der Waals surface area contributed by atoms with Gasteiger partial charge >= 0.3 is 0 Å². The molecule has 1 aromatic heterocycles. The van der Waals surface area contributed by atoms with Gasteiger partial charge in [0.15, 0.2) is 0 Å². The Morgan fingerprint density at radius 3 is 3.44 bits per heavy atom. The molecule has 48 valence electrons. The number of aromatic nitrogens is 1. The van der Waals surface area contributed by atoms with Gasteiger partial charge in [0, 0.05) is 27.8 Å². The summed E-state index contributed by atoms with van der Waals surface area (Å²) in [4.78, 5) is 11.4. The van der Waals surface area contributed by atoms with Crippen molar-refractivity contribution in [1.29, 1.82) is 0 Å². The zero-order chi connectivity index (χ0) is 12.0. The monoisotopic (exact) mass is 193 g/mol. The van der Waals surface area contributed by atoms with Crippen molar-refractivity contribution in [1.82, 2.24) is 4.57 Å². The van der Waals surface area contributed by atoms with Gasteiger partial charge in [-0.2, -0.15) is 0 Å². The Balaban J connectivity index is 3.77. The molecule has 0 atom stereocenters. The molecular formula is C6H6BrNO. The minimum atomic E-state index is -2.85. The zero-order valence-corrected chi connectivity index (χ0v) is 5.82. The van der Waals surface area contributed by atoms with E-state index in [0.29, 0.717) is 0 Å². The maximum Gasteiger partial charge on any atom is 0.251 e. The summed E-state index contributed by atoms with van der Waals surface area (Å²) in [6.07, 6.45) is -0.733. The first kappa shape index (κ1) is 2.23. The minimum Gasteiger partial charge on any atom is -0.319 e. The molecule has 0 bridgehead atoms. The molecule has 2 nitrogen and oxygen atoms in total. The average Bonchev–Trinajstić information content (AvgIpc) is 2.09. The molecule has 1 rings (SSSR count). The smallest absolute Gasteiger partial charge is 0.251 e. The van der Waals surface area contributed by atoms with Crippen LogP contribution in [0.25, 0.3) is 0 Å². The number of hydrogen-bond acceptors (Lipinski definition) is 1. The van der Waals surface area contributed by atoms with Crippen molar-refractivity contribution in [2.24, 2.45) is 6.98 Å². The first-order valence-corrected chi connectivity index (χ1v) is 2.86. The molecule has 0 N–H and O–H groups in total. The van der Waals surface area contributed by atoms with Crippen LogP contribution in [0.15, 0.2) is 27.5 Å². The molecule has 0 radical (unpaired) electrons. The lowest BCUT2D eigenvalue weighted by Gasteiger charge is -1.92. The molecule has 1 heterocycles. The van der Waals surface area contributed by atoms with E-state index in [1.807, 2.05) is 0 Å². The third-order valence-electron chi connectivity index (χ3n) is 0.697. The molecule has 0 aliphatic heterocycles. The van der Waals surface area contributed by atoms with Gasteiger partial charge in [-0.25, -0.2) is 0 Å². The Bertz CT molecular complexity index is 464. The topological polar surface area (TPSA) is 22.0 Å². The largest absolute Gasteiger partial charge is 0.319 e. The van der Waals surface area contributed by atoms with Crippen LogP contribution in [0.1, 0.15) is 8.22 Å². The van der Waals surface area contributed by atoms with E-state index in [1.54, 1.807) is 0 Å². The zero-order valence-electron chi connectivity index (χ0n) is 10.2. The van der Waals surface area contributed by atoms with Crippen LogP contribution in [0.3, 0.4) is 0 Å². The fraction of sp³-hybridized carbons (Fsp3) is 0.167. The highest BCUT2D eigenvalue weighted by molar-refractivity contribution is 9.10. The highest BCUT2D eigenvalue weighted by Gasteiger charge is 1.87. The SMILES string of the molecule is [2H]c1c(Br)c([2H])c(=O)n(C([2H])([2H])[2H])c1[2H]. The van der Waals surface area contributed by atoms with E-state index < -0.39 is 30.8 Å². The number of halogens is 1. The Kier molecular flexibility index (Phi) is 0.584. The molecule has 0 aromatic carbocycles. The molecule has 0 fully saturated rings. The van der Waals surface area contributed by atoms with Gasteiger partial charge < -0.3 is 4.57 Å². The Labute approximate surface area is 69.7 Å². The molecule has 3 heteroatoms. The van der Waals surface area contributed by atoms with Crippen LogP contribution in [-0.2, 0) is 6.98 Å². The maximum absolute atomic E-state index is 11.4. The fourth-order valence-electron chi connectivity index (χ4n) is 0.337. The summed E-state index contributed by atoms with van der Waals surface area (Å²) >= 11 is 2.79. The average molecular weight is 194 g/mol. The second kappa shape index (κ2) is 2.35. The number of nitrogens with zero attached hydrogens (tertiary/aromatic N) is 1. The molecule has 0 saturated carbocycles. The number of pyridine rings is 1. The van der Waals surface area contributed by atoms with Crippen molar-refractivity contribution >= 4 is 15.9 Å². The summed E-state index contributed by atoms with van der Waals surface area (Å²) in [5, 5.41) is 0. The maximum atomic E-state index is 11.4. The fourth-order valence-corrected chi connectivity index (χ4v) is 0.595. The predicted molar refractivity (Wildman–Crippen MR) is 39.4 cm³/mol. The molecule has 0 unspecified atom stereocenters. The molecule has 0 amide bonds. The quantitative estimate of drug-likeness (QED) is 0.607. The Morgan fingerprint density at radius 1 is 2.00 bits per heavy atom. The van der Waals surface area contributed by atoms with Crippen molar-refractivity contribution in [3.8, 4) is 0 Å². The lowest BCUT2D eigenvalue weighted by molar-refractivity contribution is 0.858. The summed E-state index contributed by atoms with van der Waals surface area (Å²) in [7, 11) is 0. The summed E-state index contributed by atoms with van der Waals surface area (Å²) in [6, 6.07) is -1.12. The Hall–Kier alpha value is -0.570. The van der Waals surface area contributed by atoms with Crippen molar-refractivity contribution in [2.75, 3.05) is 0 Å². The second-order valence-corrected chi connectivity index (χ2v) is 2.11. The van der Waals surface area contributed by atoms with E-state index in [2.05, 4.69) is 15.9 Å². The van der Waals surface area contributed by atoms with Gasteiger partial charge in [-0.3, -0.25) is 4.79 Å². The normalized spacial score (nSPS) is 20.6. The third kappa shape index (κ3) is 1.42. The van der Waals surface area contributed by atoms with Gasteiger partial charge in [0.2, 0.25) is 0 Å². The van der Waals surface area contributed by atoms with Gasteiger partial charge in [-0.15, -0.1) is 0 Å². The van der Waals surface area contributed by atoms with Crippen LogP contribution in [0.5, 0.6) is 0 Å². The van der Waals surface area contributed by atoms with Gasteiger partial charge in [-0.1, -0.05) is 15.9 Å². The molecule has 0 aliphatic carbocycles. The van der Waals surface area contributed by atoms with Crippen molar-refractivity contribution < 1.29 is 8.22 Å². The van der Waals surface area contributed by atoms with Crippen LogP contribution in [0, 0.1) is 0 Å². The summed E-state index contributed by atoms with van der Waals surface area (Å²) in [5.74, 6) is 0. The molecule has 0 aliphatic rings. The van der Waals surface area contributed by atoms with Gasteiger partial charge in [0.05, 0.1) is 4.11 Å². The lowest BCUT2D eigenvalue weighted by Crippen LogP contribution is -2.13.